The second-order valence-corrected chi connectivity index (χ2v) is 5.58. The van der Waals surface area contributed by atoms with Crippen molar-refractivity contribution in [1.82, 2.24) is 5.43 Å². The summed E-state index contributed by atoms with van der Waals surface area (Å²) in [5.41, 5.74) is 3.84. The molecule has 0 aliphatic heterocycles. The first kappa shape index (κ1) is 18.6. The lowest BCUT2D eigenvalue weighted by Gasteiger charge is -2.07. The molecule has 0 saturated carbocycles. The number of halogens is 2. The molecule has 0 heterocycles. The molecule has 0 radical (unpaired) electrons. The van der Waals surface area contributed by atoms with E-state index in [1.807, 2.05) is 0 Å². The fourth-order valence-corrected chi connectivity index (χ4v) is 2.47. The van der Waals surface area contributed by atoms with Gasteiger partial charge in [0, 0.05) is 33.3 Å². The van der Waals surface area contributed by atoms with Gasteiger partial charge < -0.3 is 10.2 Å². The van der Waals surface area contributed by atoms with Gasteiger partial charge >= 0.3 is 0 Å². The second kappa shape index (κ2) is 8.92. The van der Waals surface area contributed by atoms with Crippen molar-refractivity contribution in [3.63, 3.8) is 0 Å². The summed E-state index contributed by atoms with van der Waals surface area (Å²) in [6, 6.07) is 9.35. The highest BCUT2D eigenvalue weighted by atomic mass is 35.5. The van der Waals surface area contributed by atoms with Crippen molar-refractivity contribution in [1.29, 1.82) is 0 Å². The van der Waals surface area contributed by atoms with E-state index >= 15 is 0 Å². The SMILES string of the molecule is C#CCOc1ccc([N+](=O)[O-])cc1/C=N/NCc1c(Cl)cccc1Cl. The first-order chi connectivity index (χ1) is 12.0. The van der Waals surface area contributed by atoms with Crippen LogP contribution in [0.3, 0.4) is 0 Å². The Bertz CT molecular complexity index is 827. The van der Waals surface area contributed by atoms with Crippen molar-refractivity contribution >= 4 is 35.1 Å². The summed E-state index contributed by atoms with van der Waals surface area (Å²) in [5, 5.41) is 16.0. The van der Waals surface area contributed by atoms with Crippen LogP contribution in [0.4, 0.5) is 5.69 Å². The van der Waals surface area contributed by atoms with Crippen LogP contribution in [0, 0.1) is 22.5 Å². The molecule has 0 saturated heterocycles. The molecular weight excluding hydrogens is 365 g/mol. The predicted molar refractivity (Wildman–Crippen MR) is 98.3 cm³/mol. The first-order valence-electron chi connectivity index (χ1n) is 7.06. The summed E-state index contributed by atoms with van der Waals surface area (Å²) in [7, 11) is 0. The number of non-ortho nitro benzene ring substituents is 1. The van der Waals surface area contributed by atoms with Gasteiger partial charge in [0.25, 0.3) is 5.69 Å². The van der Waals surface area contributed by atoms with Crippen LogP contribution in [-0.4, -0.2) is 17.7 Å². The minimum absolute atomic E-state index is 0.0430. The highest BCUT2D eigenvalue weighted by Crippen LogP contribution is 2.24. The van der Waals surface area contributed by atoms with E-state index in [0.29, 0.717) is 33.5 Å². The minimum Gasteiger partial charge on any atom is -0.480 e. The number of hydrogen-bond donors (Lipinski definition) is 1. The Kier molecular flexibility index (Phi) is 6.63. The zero-order valence-electron chi connectivity index (χ0n) is 12.9. The fourth-order valence-electron chi connectivity index (χ4n) is 1.94. The van der Waals surface area contributed by atoms with Crippen LogP contribution in [0.25, 0.3) is 0 Å². The highest BCUT2D eigenvalue weighted by Gasteiger charge is 2.10. The third kappa shape index (κ3) is 5.11. The molecule has 0 aromatic heterocycles. The number of nitrogens with zero attached hydrogens (tertiary/aromatic N) is 2. The smallest absolute Gasteiger partial charge is 0.270 e. The summed E-state index contributed by atoms with van der Waals surface area (Å²) in [6.45, 7) is 0.339. The largest absolute Gasteiger partial charge is 0.480 e. The quantitative estimate of drug-likeness (QED) is 0.342. The molecule has 0 amide bonds. The standard InChI is InChI=1S/C17H13Cl2N3O3/c1-2-8-25-17-7-6-13(22(23)24)9-12(17)10-20-21-11-14-15(18)4-3-5-16(14)19/h1,3-7,9-10,21H,8,11H2/b20-10+. The lowest BCUT2D eigenvalue weighted by atomic mass is 10.2. The topological polar surface area (TPSA) is 76.8 Å². The monoisotopic (exact) mass is 377 g/mol. The van der Waals surface area contributed by atoms with Crippen molar-refractivity contribution in [2.45, 2.75) is 6.54 Å². The van der Waals surface area contributed by atoms with E-state index < -0.39 is 4.92 Å². The summed E-state index contributed by atoms with van der Waals surface area (Å²) >= 11 is 12.1. The Balaban J connectivity index is 2.14. The molecule has 1 N–H and O–H groups in total. The molecule has 0 bridgehead atoms. The lowest BCUT2D eigenvalue weighted by molar-refractivity contribution is -0.384. The van der Waals surface area contributed by atoms with Crippen LogP contribution in [0.15, 0.2) is 41.5 Å². The number of ether oxygens (including phenoxy) is 1. The number of hydrogen-bond acceptors (Lipinski definition) is 5. The van der Waals surface area contributed by atoms with Gasteiger partial charge in [-0.15, -0.1) is 6.42 Å². The van der Waals surface area contributed by atoms with E-state index in [0.717, 1.165) is 0 Å². The molecule has 0 aliphatic rings. The Labute approximate surface area is 154 Å². The van der Waals surface area contributed by atoms with E-state index in [-0.39, 0.29) is 12.3 Å². The summed E-state index contributed by atoms with van der Waals surface area (Å²) in [6.07, 6.45) is 6.57. The Morgan fingerprint density at radius 2 is 2.04 bits per heavy atom. The minimum atomic E-state index is -0.501. The van der Waals surface area contributed by atoms with E-state index in [2.05, 4.69) is 16.4 Å². The summed E-state index contributed by atoms with van der Waals surface area (Å²) in [4.78, 5) is 10.4. The van der Waals surface area contributed by atoms with Crippen LogP contribution >= 0.6 is 23.2 Å². The number of nitrogens with one attached hydrogen (secondary N) is 1. The Morgan fingerprint density at radius 3 is 2.68 bits per heavy atom. The lowest BCUT2D eigenvalue weighted by Crippen LogP contribution is -2.07. The van der Waals surface area contributed by atoms with Crippen molar-refractivity contribution in [3.8, 4) is 18.1 Å². The van der Waals surface area contributed by atoms with Crippen molar-refractivity contribution in [2.75, 3.05) is 6.61 Å². The van der Waals surface area contributed by atoms with E-state index in [4.69, 9.17) is 34.4 Å². The molecule has 128 valence electrons. The summed E-state index contributed by atoms with van der Waals surface area (Å²) < 4.78 is 5.35. The molecule has 2 rings (SSSR count). The van der Waals surface area contributed by atoms with Gasteiger partial charge in [0.2, 0.25) is 0 Å². The third-order valence-electron chi connectivity index (χ3n) is 3.13. The molecule has 0 spiro atoms. The van der Waals surface area contributed by atoms with Crippen LogP contribution < -0.4 is 10.2 Å². The molecule has 2 aromatic carbocycles. The summed E-state index contributed by atoms with van der Waals surface area (Å²) in [5.74, 6) is 2.73. The van der Waals surface area contributed by atoms with Gasteiger partial charge in [0.1, 0.15) is 12.4 Å². The van der Waals surface area contributed by atoms with E-state index in [1.165, 1.54) is 24.4 Å². The maximum atomic E-state index is 10.9. The van der Waals surface area contributed by atoms with Gasteiger partial charge in [-0.25, -0.2) is 0 Å². The van der Waals surface area contributed by atoms with Gasteiger partial charge in [-0.3, -0.25) is 10.1 Å². The molecule has 0 atom stereocenters. The third-order valence-corrected chi connectivity index (χ3v) is 3.84. The van der Waals surface area contributed by atoms with E-state index in [1.54, 1.807) is 18.2 Å². The van der Waals surface area contributed by atoms with E-state index in [9.17, 15) is 10.1 Å². The van der Waals surface area contributed by atoms with Crippen LogP contribution in [0.1, 0.15) is 11.1 Å². The zero-order valence-corrected chi connectivity index (χ0v) is 14.4. The number of rotatable bonds is 7. The number of terminal acetylenes is 1. The first-order valence-corrected chi connectivity index (χ1v) is 7.82. The Morgan fingerprint density at radius 1 is 1.32 bits per heavy atom. The van der Waals surface area contributed by atoms with Crippen LogP contribution in [0.5, 0.6) is 5.75 Å². The van der Waals surface area contributed by atoms with Gasteiger partial charge in [0.05, 0.1) is 17.7 Å². The van der Waals surface area contributed by atoms with Gasteiger partial charge in [-0.2, -0.15) is 5.10 Å². The molecule has 0 aliphatic carbocycles. The van der Waals surface area contributed by atoms with Gasteiger partial charge in [-0.05, 0) is 18.2 Å². The number of nitro benzene ring substituents is 1. The zero-order chi connectivity index (χ0) is 18.2. The molecule has 6 nitrogen and oxygen atoms in total. The molecule has 2 aromatic rings. The van der Waals surface area contributed by atoms with Crippen molar-refractivity contribution in [3.05, 3.63) is 67.7 Å². The number of benzene rings is 2. The molecule has 25 heavy (non-hydrogen) atoms. The average Bonchev–Trinajstić information content (AvgIpc) is 2.59. The predicted octanol–water partition coefficient (Wildman–Crippen LogP) is 4.04. The molecular formula is C17H13Cl2N3O3. The van der Waals surface area contributed by atoms with Crippen LogP contribution in [0.2, 0.25) is 10.0 Å². The van der Waals surface area contributed by atoms with Crippen molar-refractivity contribution in [2.24, 2.45) is 5.10 Å². The van der Waals surface area contributed by atoms with Gasteiger partial charge in [0.15, 0.2) is 0 Å². The number of nitro groups is 1. The maximum Gasteiger partial charge on any atom is 0.270 e. The van der Waals surface area contributed by atoms with Crippen LogP contribution in [-0.2, 0) is 6.54 Å². The Hall–Kier alpha value is -2.75. The molecule has 8 heteroatoms. The average molecular weight is 378 g/mol. The normalized spacial score (nSPS) is 10.4. The van der Waals surface area contributed by atoms with Gasteiger partial charge in [-0.1, -0.05) is 35.2 Å². The maximum absolute atomic E-state index is 10.9. The highest BCUT2D eigenvalue weighted by molar-refractivity contribution is 6.35. The fraction of sp³-hybridized carbons (Fsp3) is 0.118. The molecule has 0 fully saturated rings. The number of hydrazone groups is 1. The molecule has 0 unspecified atom stereocenters. The van der Waals surface area contributed by atoms with Crippen molar-refractivity contribution < 1.29 is 9.66 Å². The second-order valence-electron chi connectivity index (χ2n) is 4.77.